The number of nitrogens with one attached hydrogen (secondary N) is 2. The molecule has 2 rings (SSSR count). The lowest BCUT2D eigenvalue weighted by atomic mass is 10.2. The third kappa shape index (κ3) is 5.85. The van der Waals surface area contributed by atoms with Crippen LogP contribution < -0.4 is 25.0 Å². The number of hydrogen-bond acceptors (Lipinski definition) is 7. The zero-order chi connectivity index (χ0) is 18.9. The summed E-state index contributed by atoms with van der Waals surface area (Å²) in [5.41, 5.74) is 3.43. The van der Waals surface area contributed by atoms with Crippen molar-refractivity contribution in [2.75, 3.05) is 27.4 Å². The van der Waals surface area contributed by atoms with E-state index in [-0.39, 0.29) is 11.9 Å². The molecule has 2 N–H and O–H groups in total. The zero-order valence-electron chi connectivity index (χ0n) is 15.0. The quantitative estimate of drug-likeness (QED) is 0.242. The van der Waals surface area contributed by atoms with Gasteiger partial charge in [0.05, 0.1) is 26.5 Å². The van der Waals surface area contributed by atoms with E-state index in [1.807, 2.05) is 0 Å². The summed E-state index contributed by atoms with van der Waals surface area (Å²) in [6.45, 7) is 2.76. The maximum Gasteiger partial charge on any atom is 0.308 e. The molecule has 1 aliphatic heterocycles. The van der Waals surface area contributed by atoms with Gasteiger partial charge in [-0.25, -0.2) is 0 Å². The van der Waals surface area contributed by atoms with E-state index in [0.29, 0.717) is 28.7 Å². The van der Waals surface area contributed by atoms with Crippen molar-refractivity contribution < 1.29 is 23.7 Å². The molecule has 1 fully saturated rings. The SMILES string of the molecule is COc1cc(/C=N\NC(=S)NC[C@H]2CCCO2)cc(OC)c1OC(C)=O. The first-order valence-corrected chi connectivity index (χ1v) is 8.57. The molecule has 26 heavy (non-hydrogen) atoms. The summed E-state index contributed by atoms with van der Waals surface area (Å²) in [6, 6.07) is 3.35. The molecule has 0 amide bonds. The molecule has 8 nitrogen and oxygen atoms in total. The highest BCUT2D eigenvalue weighted by molar-refractivity contribution is 7.80. The van der Waals surface area contributed by atoms with Crippen LogP contribution in [0.5, 0.6) is 17.2 Å². The molecule has 1 aliphatic rings. The molecular formula is C17H23N3O5S. The number of benzene rings is 1. The number of ether oxygens (including phenoxy) is 4. The molecule has 0 aliphatic carbocycles. The van der Waals surface area contributed by atoms with Crippen LogP contribution in [0, 0.1) is 0 Å². The van der Waals surface area contributed by atoms with Gasteiger partial charge < -0.3 is 24.3 Å². The van der Waals surface area contributed by atoms with Crippen LogP contribution >= 0.6 is 12.2 Å². The molecule has 0 radical (unpaired) electrons. The van der Waals surface area contributed by atoms with E-state index >= 15 is 0 Å². The minimum atomic E-state index is -0.465. The normalized spacial score (nSPS) is 16.3. The van der Waals surface area contributed by atoms with E-state index < -0.39 is 5.97 Å². The van der Waals surface area contributed by atoms with E-state index in [1.54, 1.807) is 18.3 Å². The number of methoxy groups -OCH3 is 2. The van der Waals surface area contributed by atoms with Crippen molar-refractivity contribution in [2.24, 2.45) is 5.10 Å². The van der Waals surface area contributed by atoms with Gasteiger partial charge in [0.15, 0.2) is 16.6 Å². The zero-order valence-corrected chi connectivity index (χ0v) is 15.9. The van der Waals surface area contributed by atoms with E-state index in [4.69, 9.17) is 31.2 Å². The Hall–Kier alpha value is -2.39. The monoisotopic (exact) mass is 381 g/mol. The Morgan fingerprint density at radius 3 is 2.62 bits per heavy atom. The number of hydrazone groups is 1. The Balaban J connectivity index is 1.97. The van der Waals surface area contributed by atoms with Gasteiger partial charge in [-0.3, -0.25) is 10.2 Å². The van der Waals surface area contributed by atoms with Crippen LogP contribution in [0.1, 0.15) is 25.3 Å². The van der Waals surface area contributed by atoms with Crippen molar-refractivity contribution in [2.45, 2.75) is 25.9 Å². The molecule has 0 unspecified atom stereocenters. The predicted octanol–water partition coefficient (Wildman–Crippen LogP) is 1.61. The van der Waals surface area contributed by atoms with Crippen LogP contribution in [0.2, 0.25) is 0 Å². The first-order chi connectivity index (χ1) is 12.5. The summed E-state index contributed by atoms with van der Waals surface area (Å²) >= 11 is 5.17. The van der Waals surface area contributed by atoms with Crippen LogP contribution in [0.4, 0.5) is 0 Å². The van der Waals surface area contributed by atoms with Crippen LogP contribution in [0.25, 0.3) is 0 Å². The second-order valence-corrected chi connectivity index (χ2v) is 5.97. The summed E-state index contributed by atoms with van der Waals surface area (Å²) in [5, 5.41) is 7.56. The molecular weight excluding hydrogens is 358 g/mol. The number of hydrogen-bond donors (Lipinski definition) is 2. The molecule has 0 bridgehead atoms. The Bertz CT molecular complexity index is 649. The molecule has 1 heterocycles. The van der Waals surface area contributed by atoms with Crippen LogP contribution in [0.15, 0.2) is 17.2 Å². The summed E-state index contributed by atoms with van der Waals surface area (Å²) in [6.07, 6.45) is 3.87. The highest BCUT2D eigenvalue weighted by atomic mass is 32.1. The third-order valence-electron chi connectivity index (χ3n) is 3.62. The molecule has 9 heteroatoms. The average molecular weight is 381 g/mol. The van der Waals surface area contributed by atoms with Gasteiger partial charge >= 0.3 is 5.97 Å². The van der Waals surface area contributed by atoms with Gasteiger partial charge in [0.2, 0.25) is 5.75 Å². The Kier molecular flexibility index (Phi) is 7.61. The summed E-state index contributed by atoms with van der Waals surface area (Å²) in [5.74, 6) is 0.480. The second-order valence-electron chi connectivity index (χ2n) is 5.56. The maximum absolute atomic E-state index is 11.2. The fourth-order valence-electron chi connectivity index (χ4n) is 2.44. The van der Waals surface area contributed by atoms with E-state index in [1.165, 1.54) is 21.1 Å². The van der Waals surface area contributed by atoms with Gasteiger partial charge in [-0.2, -0.15) is 5.10 Å². The molecule has 1 saturated heterocycles. The lowest BCUT2D eigenvalue weighted by molar-refractivity contribution is -0.132. The smallest absolute Gasteiger partial charge is 0.308 e. The van der Waals surface area contributed by atoms with Gasteiger partial charge in [0, 0.05) is 25.6 Å². The van der Waals surface area contributed by atoms with Crippen molar-refractivity contribution in [3.05, 3.63) is 17.7 Å². The van der Waals surface area contributed by atoms with Crippen molar-refractivity contribution in [3.8, 4) is 17.2 Å². The van der Waals surface area contributed by atoms with Gasteiger partial charge in [-0.05, 0) is 37.2 Å². The molecule has 1 atom stereocenters. The Morgan fingerprint density at radius 1 is 1.38 bits per heavy atom. The highest BCUT2D eigenvalue weighted by Crippen LogP contribution is 2.38. The molecule has 0 saturated carbocycles. The van der Waals surface area contributed by atoms with Gasteiger partial charge in [0.25, 0.3) is 0 Å². The van der Waals surface area contributed by atoms with Crippen molar-refractivity contribution in [1.82, 2.24) is 10.7 Å². The van der Waals surface area contributed by atoms with Gasteiger partial charge in [0.1, 0.15) is 0 Å². The number of esters is 1. The second kappa shape index (κ2) is 9.93. The maximum atomic E-state index is 11.2. The van der Waals surface area contributed by atoms with Crippen molar-refractivity contribution in [1.29, 1.82) is 0 Å². The Morgan fingerprint density at radius 2 is 2.08 bits per heavy atom. The van der Waals surface area contributed by atoms with Crippen LogP contribution in [-0.4, -0.2) is 50.8 Å². The highest BCUT2D eigenvalue weighted by Gasteiger charge is 2.16. The molecule has 1 aromatic carbocycles. The molecule has 0 spiro atoms. The van der Waals surface area contributed by atoms with E-state index in [0.717, 1.165) is 19.4 Å². The Labute approximate surface area is 157 Å². The molecule has 142 valence electrons. The molecule has 1 aromatic rings. The lowest BCUT2D eigenvalue weighted by Crippen LogP contribution is -2.37. The first kappa shape index (κ1) is 19.9. The van der Waals surface area contributed by atoms with Crippen molar-refractivity contribution >= 4 is 29.5 Å². The fraction of sp³-hybridized carbons (Fsp3) is 0.471. The lowest BCUT2D eigenvalue weighted by Gasteiger charge is -2.13. The number of thiocarbonyl (C=S) groups is 1. The summed E-state index contributed by atoms with van der Waals surface area (Å²) in [4.78, 5) is 11.2. The summed E-state index contributed by atoms with van der Waals surface area (Å²) < 4.78 is 21.2. The average Bonchev–Trinajstić information content (AvgIpc) is 3.14. The number of rotatable bonds is 7. The standard InChI is InChI=1S/C17H23N3O5S/c1-11(21)25-16-14(22-2)7-12(8-15(16)23-3)9-19-20-17(26)18-10-13-5-4-6-24-13/h7-9,13H,4-6,10H2,1-3H3,(H2,18,20,26)/b19-9-/t13-/m1/s1. The van der Waals surface area contributed by atoms with Crippen LogP contribution in [0.3, 0.4) is 0 Å². The van der Waals surface area contributed by atoms with Crippen LogP contribution in [-0.2, 0) is 9.53 Å². The van der Waals surface area contributed by atoms with Gasteiger partial charge in [-0.1, -0.05) is 0 Å². The minimum absolute atomic E-state index is 0.195. The predicted molar refractivity (Wildman–Crippen MR) is 101 cm³/mol. The third-order valence-corrected chi connectivity index (χ3v) is 3.86. The van der Waals surface area contributed by atoms with Crippen molar-refractivity contribution in [3.63, 3.8) is 0 Å². The van der Waals surface area contributed by atoms with E-state index in [9.17, 15) is 4.79 Å². The molecule has 0 aromatic heterocycles. The number of nitrogens with zero attached hydrogens (tertiary/aromatic N) is 1. The number of carbonyl (C=O) groups excluding carboxylic acids is 1. The minimum Gasteiger partial charge on any atom is -0.493 e. The topological polar surface area (TPSA) is 90.4 Å². The van der Waals surface area contributed by atoms with Gasteiger partial charge in [-0.15, -0.1) is 0 Å². The van der Waals surface area contributed by atoms with E-state index in [2.05, 4.69) is 15.8 Å². The largest absolute Gasteiger partial charge is 0.493 e. The number of carbonyl (C=O) groups is 1. The first-order valence-electron chi connectivity index (χ1n) is 8.16. The summed E-state index contributed by atoms with van der Waals surface area (Å²) in [7, 11) is 2.95. The fourth-order valence-corrected chi connectivity index (χ4v) is 2.57.